The third-order valence-corrected chi connectivity index (χ3v) is 10.3. The fourth-order valence-corrected chi connectivity index (χ4v) is 7.40. The lowest BCUT2D eigenvalue weighted by molar-refractivity contribution is -0.135. The van der Waals surface area contributed by atoms with Gasteiger partial charge in [-0.2, -0.15) is 0 Å². The molecule has 1 fully saturated rings. The zero-order chi connectivity index (χ0) is 40.4. The number of rotatable bonds is 13. The number of aromatic nitrogens is 4. The summed E-state index contributed by atoms with van der Waals surface area (Å²) >= 11 is 1.58. The molecule has 0 saturated carbocycles. The number of imidazole rings is 2. The van der Waals surface area contributed by atoms with Gasteiger partial charge < -0.3 is 44.3 Å². The highest BCUT2D eigenvalue weighted by Crippen LogP contribution is 2.38. The number of thiophene rings is 1. The topological polar surface area (TPSA) is 188 Å². The van der Waals surface area contributed by atoms with Crippen molar-refractivity contribution in [3.8, 4) is 33.2 Å². The van der Waals surface area contributed by atoms with Crippen LogP contribution < -0.4 is 10.6 Å². The van der Waals surface area contributed by atoms with Crippen molar-refractivity contribution in [3.05, 3.63) is 60.4 Å². The number of nitrogens with one attached hydrogen (secondary N) is 4. The summed E-state index contributed by atoms with van der Waals surface area (Å²) in [7, 11) is 2.54. The van der Waals surface area contributed by atoms with E-state index in [1.165, 1.54) is 20.6 Å². The Morgan fingerprint density at radius 1 is 0.982 bits per heavy atom. The molecule has 0 aliphatic carbocycles. The van der Waals surface area contributed by atoms with Gasteiger partial charge in [0.1, 0.15) is 35.6 Å². The van der Waals surface area contributed by atoms with Gasteiger partial charge in [-0.05, 0) is 30.7 Å². The van der Waals surface area contributed by atoms with E-state index >= 15 is 0 Å². The van der Waals surface area contributed by atoms with Gasteiger partial charge in [-0.3, -0.25) is 9.59 Å². The minimum absolute atomic E-state index is 0.109. The predicted molar refractivity (Wildman–Crippen MR) is 215 cm³/mol. The Morgan fingerprint density at radius 2 is 1.68 bits per heavy atom. The second kappa shape index (κ2) is 19.3. The normalized spacial score (nSPS) is 14.3. The van der Waals surface area contributed by atoms with Crippen LogP contribution in [-0.4, -0.2) is 93.6 Å². The first-order valence-electron chi connectivity index (χ1n) is 19.0. The molecule has 0 spiro atoms. The molecule has 0 radical (unpaired) electrons. The average Bonchev–Trinajstić information content (AvgIpc) is 4.04. The molecule has 4 aromatic heterocycles. The molecule has 1 saturated heterocycles. The summed E-state index contributed by atoms with van der Waals surface area (Å²) in [5, 5.41) is 5.12. The van der Waals surface area contributed by atoms with E-state index < -0.39 is 18.2 Å². The molecular formula is C40H52N8O7S. The lowest BCUT2D eigenvalue weighted by atomic mass is 10.0. The third-order valence-electron chi connectivity index (χ3n) is 9.18. The Labute approximate surface area is 330 Å². The number of benzene rings is 1. The van der Waals surface area contributed by atoms with Crippen molar-refractivity contribution in [1.29, 1.82) is 0 Å². The molecule has 4 N–H and O–H groups in total. The van der Waals surface area contributed by atoms with Gasteiger partial charge in [-0.1, -0.05) is 65.3 Å². The molecule has 16 heteroatoms. The van der Waals surface area contributed by atoms with Crippen LogP contribution in [0.15, 0.2) is 53.2 Å². The number of H-pyrrole nitrogens is 2. The zero-order valence-electron chi connectivity index (χ0n) is 33.1. The molecule has 300 valence electrons. The molecule has 2 atom stereocenters. The van der Waals surface area contributed by atoms with Crippen molar-refractivity contribution in [2.45, 2.75) is 78.9 Å². The van der Waals surface area contributed by atoms with Gasteiger partial charge in [0, 0.05) is 30.8 Å². The maximum atomic E-state index is 13.5. The van der Waals surface area contributed by atoms with Crippen LogP contribution >= 0.6 is 11.3 Å². The number of fused-ring (bicyclic) bond motifs is 1. The number of furan rings is 1. The molecular weight excluding hydrogens is 737 g/mol. The Hall–Kier alpha value is -5.64. The van der Waals surface area contributed by atoms with Crippen molar-refractivity contribution >= 4 is 45.6 Å². The number of amides is 4. The summed E-state index contributed by atoms with van der Waals surface area (Å²) in [5.41, 5.74) is 4.28. The lowest BCUT2D eigenvalue weighted by Crippen LogP contribution is -2.51. The average molecular weight is 789 g/mol. The maximum absolute atomic E-state index is 13.5. The Kier molecular flexibility index (Phi) is 14.3. The van der Waals surface area contributed by atoms with E-state index in [1.807, 2.05) is 57.2 Å². The van der Waals surface area contributed by atoms with Crippen molar-refractivity contribution < 1.29 is 33.1 Å². The van der Waals surface area contributed by atoms with Crippen molar-refractivity contribution in [2.75, 3.05) is 33.9 Å². The highest BCUT2D eigenvalue weighted by atomic mass is 32.1. The summed E-state index contributed by atoms with van der Waals surface area (Å²) in [6, 6.07) is 11.1. The number of likely N-dealkylation sites (tertiary alicyclic amines) is 1. The number of ether oxygens (including phenoxy) is 2. The molecule has 5 heterocycles. The highest BCUT2D eigenvalue weighted by Gasteiger charge is 2.37. The largest absolute Gasteiger partial charge is 0.455 e. The molecule has 5 aromatic rings. The van der Waals surface area contributed by atoms with E-state index in [-0.39, 0.29) is 36.9 Å². The molecule has 2 unspecified atom stereocenters. The predicted octanol–water partition coefficient (Wildman–Crippen LogP) is 7.50. The summed E-state index contributed by atoms with van der Waals surface area (Å²) in [5.74, 6) is 1.61. The van der Waals surface area contributed by atoms with Crippen molar-refractivity contribution in [1.82, 2.24) is 40.4 Å². The second-order valence-corrected chi connectivity index (χ2v) is 15.0. The summed E-state index contributed by atoms with van der Waals surface area (Å²) < 4.78 is 16.5. The quantitative estimate of drug-likeness (QED) is 0.0937. The first kappa shape index (κ1) is 41.5. The standard InChI is InChI=1S/C37H44N8O7S.C3H8/c1-6-13-44(32(46)19-40-36(48)50-4)20-31-38-18-25(41-31)29-16-28-30(53-29)15-27(52-28)23-11-9-22(10-12-23)24-17-39-34(42-24)26-8-7-14-45(26)35(47)33(21(2)3)43-37(49)51-5;1-3-2/h9-12,15-18,21,26,33H,6-8,13-14,19-20H2,1-5H3,(H,38,41)(H,39,42)(H,40,48)(H,43,49);3H2,1-2H3. The minimum atomic E-state index is -0.693. The lowest BCUT2D eigenvalue weighted by Gasteiger charge is -2.30. The Balaban J connectivity index is 0.00000194. The first-order chi connectivity index (χ1) is 27.0. The van der Waals surface area contributed by atoms with Gasteiger partial charge in [-0.25, -0.2) is 19.6 Å². The highest BCUT2D eigenvalue weighted by molar-refractivity contribution is 7.22. The van der Waals surface area contributed by atoms with Gasteiger partial charge in [0.05, 0.1) is 60.2 Å². The van der Waals surface area contributed by atoms with E-state index in [1.54, 1.807) is 33.5 Å². The molecule has 6 rings (SSSR count). The van der Waals surface area contributed by atoms with Crippen LogP contribution in [0, 0.1) is 5.92 Å². The molecule has 15 nitrogen and oxygen atoms in total. The number of hydrogen-bond acceptors (Lipinski definition) is 10. The smallest absolute Gasteiger partial charge is 0.407 e. The van der Waals surface area contributed by atoms with Crippen molar-refractivity contribution in [2.24, 2.45) is 5.92 Å². The summed E-state index contributed by atoms with van der Waals surface area (Å²) in [4.78, 5) is 69.8. The molecule has 1 aliphatic rings. The Morgan fingerprint density at radius 3 is 2.34 bits per heavy atom. The molecule has 0 bridgehead atoms. The number of carbonyl (C=O) groups is 4. The van der Waals surface area contributed by atoms with Gasteiger partial charge in [0.2, 0.25) is 11.8 Å². The van der Waals surface area contributed by atoms with Gasteiger partial charge in [0.25, 0.3) is 0 Å². The summed E-state index contributed by atoms with van der Waals surface area (Å²) in [6.45, 7) is 11.3. The van der Waals surface area contributed by atoms with Crippen LogP contribution in [0.1, 0.15) is 78.0 Å². The van der Waals surface area contributed by atoms with E-state index in [2.05, 4.69) is 49.2 Å². The molecule has 1 aromatic carbocycles. The van der Waals surface area contributed by atoms with E-state index in [0.29, 0.717) is 24.7 Å². The van der Waals surface area contributed by atoms with Gasteiger partial charge in [0.15, 0.2) is 0 Å². The fraction of sp³-hybridized carbons (Fsp3) is 0.450. The number of carbonyl (C=O) groups excluding carboxylic acids is 4. The number of methoxy groups -OCH3 is 2. The third kappa shape index (κ3) is 9.96. The van der Waals surface area contributed by atoms with Crippen LogP contribution in [0.2, 0.25) is 0 Å². The van der Waals surface area contributed by atoms with Crippen molar-refractivity contribution in [3.63, 3.8) is 0 Å². The molecule has 1 aliphatic heterocycles. The molecule has 56 heavy (non-hydrogen) atoms. The van der Waals surface area contributed by atoms with Gasteiger partial charge >= 0.3 is 12.2 Å². The fourth-order valence-electron chi connectivity index (χ4n) is 6.41. The van der Waals surface area contributed by atoms with Crippen LogP contribution in [0.3, 0.4) is 0 Å². The number of alkyl carbamates (subject to hydrolysis) is 2. The zero-order valence-corrected chi connectivity index (χ0v) is 33.9. The van der Waals surface area contributed by atoms with Crippen LogP contribution in [0.25, 0.3) is 43.4 Å². The minimum Gasteiger partial charge on any atom is -0.455 e. The Bertz CT molecular complexity index is 2050. The van der Waals surface area contributed by atoms with Crippen LogP contribution in [-0.2, 0) is 25.6 Å². The van der Waals surface area contributed by atoms with E-state index in [4.69, 9.17) is 9.15 Å². The SMILES string of the molecule is CCC.CCCN(Cc1ncc(-c2cc3oc(-c4ccc(-c5cnc(C6CCCN6C(=O)C(NC(=O)OC)C(C)C)[nH]5)cc4)cc3s2)[nH]1)C(=O)CNC(=O)OC. The van der Waals surface area contributed by atoms with E-state index in [9.17, 15) is 19.2 Å². The maximum Gasteiger partial charge on any atom is 0.407 e. The number of hydrogen-bond donors (Lipinski definition) is 4. The number of aromatic amines is 2. The monoisotopic (exact) mass is 788 g/mol. The first-order valence-corrected chi connectivity index (χ1v) is 19.8. The second-order valence-electron chi connectivity index (χ2n) is 13.9. The van der Waals surface area contributed by atoms with Gasteiger partial charge in [-0.15, -0.1) is 11.3 Å². The van der Waals surface area contributed by atoms with Crippen LogP contribution in [0.4, 0.5) is 9.59 Å². The van der Waals surface area contributed by atoms with E-state index in [0.717, 1.165) is 62.7 Å². The molecule has 4 amide bonds. The van der Waals surface area contributed by atoms with Crippen LogP contribution in [0.5, 0.6) is 0 Å². The summed E-state index contributed by atoms with van der Waals surface area (Å²) in [6.07, 6.45) is 5.87. The number of nitrogens with zero attached hydrogens (tertiary/aromatic N) is 4.